The minimum atomic E-state index is -4.00. The summed E-state index contributed by atoms with van der Waals surface area (Å²) in [5.74, 6) is 0.339. The number of benzene rings is 2. The second kappa shape index (κ2) is 8.64. The van der Waals surface area contributed by atoms with E-state index in [1.165, 1.54) is 6.07 Å². The molecule has 0 aliphatic heterocycles. The normalized spacial score (nSPS) is 12.1. The highest BCUT2D eigenvalue weighted by molar-refractivity contribution is 7.89. The molecule has 3 aromatic rings. The standard InChI is InChI=1S/C16H18N10O2S/c17-14(21-24-18)9-20-8-10-4-6-11(7-5-10)12-2-1-3-13(29(19,27)28)15(12)16-22-25-26-23-16/h1-7,20H,8-9H2,(H3,17,18,21)(H2,19,27,28)(H,22,23,25,26). The van der Waals surface area contributed by atoms with Crippen molar-refractivity contribution in [2.24, 2.45) is 21.2 Å². The van der Waals surface area contributed by atoms with Gasteiger partial charge in [0.25, 0.3) is 0 Å². The number of hydrogen-bond donors (Lipinski definition) is 5. The molecule has 0 aliphatic carbocycles. The van der Waals surface area contributed by atoms with Crippen molar-refractivity contribution < 1.29 is 8.42 Å². The molecule has 0 saturated carbocycles. The molecule has 13 heteroatoms. The van der Waals surface area contributed by atoms with Crippen LogP contribution in [-0.4, -0.2) is 41.4 Å². The molecular weight excluding hydrogens is 396 g/mol. The van der Waals surface area contributed by atoms with Crippen LogP contribution in [0, 0.1) is 5.53 Å². The number of aromatic nitrogens is 4. The summed E-state index contributed by atoms with van der Waals surface area (Å²) in [6, 6.07) is 12.2. The molecule has 3 rings (SSSR count). The van der Waals surface area contributed by atoms with Crippen LogP contribution >= 0.6 is 0 Å². The van der Waals surface area contributed by atoms with E-state index in [4.69, 9.17) is 16.4 Å². The monoisotopic (exact) mass is 414 g/mol. The molecule has 0 fully saturated rings. The number of aromatic amines is 1. The van der Waals surface area contributed by atoms with Crippen molar-refractivity contribution >= 4 is 15.9 Å². The lowest BCUT2D eigenvalue weighted by Crippen LogP contribution is -2.28. The number of sulfonamides is 1. The van der Waals surface area contributed by atoms with Crippen molar-refractivity contribution in [3.8, 4) is 22.5 Å². The Labute approximate surface area is 166 Å². The Hall–Kier alpha value is -3.55. The number of tetrazole rings is 1. The quantitative estimate of drug-likeness (QED) is 0.153. The molecule has 0 unspecified atom stereocenters. The molecule has 1 aromatic heterocycles. The van der Waals surface area contributed by atoms with Gasteiger partial charge in [0.15, 0.2) is 0 Å². The second-order valence-electron chi connectivity index (χ2n) is 5.95. The molecule has 150 valence electrons. The van der Waals surface area contributed by atoms with Gasteiger partial charge in [0.05, 0.1) is 17.0 Å². The van der Waals surface area contributed by atoms with Crippen LogP contribution < -0.4 is 16.2 Å². The Morgan fingerprint density at radius 1 is 1.21 bits per heavy atom. The number of hydrogen-bond acceptors (Lipinski definition) is 8. The van der Waals surface area contributed by atoms with Gasteiger partial charge in [-0.05, 0) is 28.0 Å². The van der Waals surface area contributed by atoms with Crippen molar-refractivity contribution in [2.45, 2.75) is 11.4 Å². The highest BCUT2D eigenvalue weighted by atomic mass is 32.2. The van der Waals surface area contributed by atoms with E-state index in [1.54, 1.807) is 12.1 Å². The van der Waals surface area contributed by atoms with Crippen molar-refractivity contribution in [3.63, 3.8) is 0 Å². The molecule has 0 atom stereocenters. The second-order valence-corrected chi connectivity index (χ2v) is 7.48. The molecule has 12 nitrogen and oxygen atoms in total. The topological polar surface area (TPSA) is 201 Å². The number of H-pyrrole nitrogens is 1. The summed E-state index contributed by atoms with van der Waals surface area (Å²) in [5.41, 5.74) is 14.8. The molecule has 0 amide bonds. The van der Waals surface area contributed by atoms with E-state index in [0.29, 0.717) is 18.7 Å². The van der Waals surface area contributed by atoms with E-state index in [9.17, 15) is 8.42 Å². The molecule has 0 aliphatic rings. The summed E-state index contributed by atoms with van der Waals surface area (Å²) < 4.78 is 24.1. The van der Waals surface area contributed by atoms with Crippen LogP contribution in [-0.2, 0) is 16.6 Å². The highest BCUT2D eigenvalue weighted by Crippen LogP contribution is 2.34. The largest absolute Gasteiger partial charge is 0.385 e. The fraction of sp³-hybridized carbons (Fsp3) is 0.125. The summed E-state index contributed by atoms with van der Waals surface area (Å²) in [4.78, 5) is -0.0864. The van der Waals surface area contributed by atoms with Crippen LogP contribution in [0.4, 0.5) is 0 Å². The number of amidine groups is 1. The maximum atomic E-state index is 12.1. The number of nitrogens with zero attached hydrogens (tertiary/aromatic N) is 5. The first-order chi connectivity index (χ1) is 13.9. The first-order valence-corrected chi connectivity index (χ1v) is 9.83. The molecule has 0 radical (unpaired) electrons. The van der Waals surface area contributed by atoms with Crippen molar-refractivity contribution in [1.82, 2.24) is 25.9 Å². The van der Waals surface area contributed by atoms with Gasteiger partial charge in [-0.3, -0.25) is 0 Å². The van der Waals surface area contributed by atoms with Crippen LogP contribution in [0.1, 0.15) is 5.56 Å². The zero-order valence-corrected chi connectivity index (χ0v) is 15.9. The molecule has 29 heavy (non-hydrogen) atoms. The SMILES string of the molecule is N=NN=C(N)CNCc1ccc(-c2cccc(S(N)(=O)=O)c2-c2nn[nH]n2)cc1. The Kier molecular flexibility index (Phi) is 6.01. The lowest BCUT2D eigenvalue weighted by atomic mass is 9.98. The van der Waals surface area contributed by atoms with E-state index in [-0.39, 0.29) is 22.1 Å². The van der Waals surface area contributed by atoms with Gasteiger partial charge in [-0.1, -0.05) is 41.6 Å². The third-order valence-corrected chi connectivity index (χ3v) is 4.93. The van der Waals surface area contributed by atoms with E-state index in [2.05, 4.69) is 36.3 Å². The molecule has 0 saturated heterocycles. The number of nitrogens with one attached hydrogen (secondary N) is 3. The average molecular weight is 414 g/mol. The summed E-state index contributed by atoms with van der Waals surface area (Å²) in [6.45, 7) is 0.811. The average Bonchev–Trinajstić information content (AvgIpc) is 3.22. The van der Waals surface area contributed by atoms with Crippen LogP contribution in [0.15, 0.2) is 57.7 Å². The van der Waals surface area contributed by atoms with Gasteiger partial charge in [-0.15, -0.1) is 15.3 Å². The minimum absolute atomic E-state index is 0.0864. The zero-order chi connectivity index (χ0) is 20.9. The number of nitrogens with two attached hydrogens (primary N) is 2. The summed E-state index contributed by atoms with van der Waals surface area (Å²) in [7, 11) is -4.00. The molecule has 0 bridgehead atoms. The number of primary sulfonamides is 1. The summed E-state index contributed by atoms with van der Waals surface area (Å²) in [6.07, 6.45) is 0. The van der Waals surface area contributed by atoms with Gasteiger partial charge in [0.2, 0.25) is 15.8 Å². The van der Waals surface area contributed by atoms with Crippen molar-refractivity contribution in [1.29, 1.82) is 5.53 Å². The molecule has 1 heterocycles. The van der Waals surface area contributed by atoms with E-state index in [0.717, 1.165) is 11.1 Å². The van der Waals surface area contributed by atoms with Crippen LogP contribution in [0.3, 0.4) is 0 Å². The van der Waals surface area contributed by atoms with Crippen LogP contribution in [0.5, 0.6) is 0 Å². The third-order valence-electron chi connectivity index (χ3n) is 3.98. The van der Waals surface area contributed by atoms with E-state index >= 15 is 0 Å². The van der Waals surface area contributed by atoms with E-state index < -0.39 is 10.0 Å². The van der Waals surface area contributed by atoms with Gasteiger partial charge in [-0.25, -0.2) is 13.6 Å². The van der Waals surface area contributed by atoms with Gasteiger partial charge in [0.1, 0.15) is 5.84 Å². The Morgan fingerprint density at radius 3 is 2.59 bits per heavy atom. The predicted octanol–water partition coefficient (Wildman–Crippen LogP) is 0.574. The predicted molar refractivity (Wildman–Crippen MR) is 105 cm³/mol. The van der Waals surface area contributed by atoms with Gasteiger partial charge < -0.3 is 11.1 Å². The summed E-state index contributed by atoms with van der Waals surface area (Å²) >= 11 is 0. The van der Waals surface area contributed by atoms with Crippen LogP contribution in [0.2, 0.25) is 0 Å². The smallest absolute Gasteiger partial charge is 0.238 e. The lowest BCUT2D eigenvalue weighted by molar-refractivity contribution is 0.598. The summed E-state index contributed by atoms with van der Waals surface area (Å²) in [5, 5.41) is 28.4. The van der Waals surface area contributed by atoms with E-state index in [1.807, 2.05) is 24.3 Å². The Balaban J connectivity index is 1.91. The zero-order valence-electron chi connectivity index (χ0n) is 15.1. The fourth-order valence-electron chi connectivity index (χ4n) is 2.74. The molecule has 7 N–H and O–H groups in total. The van der Waals surface area contributed by atoms with Gasteiger partial charge in [-0.2, -0.15) is 10.7 Å². The van der Waals surface area contributed by atoms with Gasteiger partial charge >= 0.3 is 0 Å². The van der Waals surface area contributed by atoms with Crippen molar-refractivity contribution in [2.75, 3.05) is 6.54 Å². The maximum Gasteiger partial charge on any atom is 0.238 e. The minimum Gasteiger partial charge on any atom is -0.385 e. The van der Waals surface area contributed by atoms with Crippen molar-refractivity contribution in [3.05, 3.63) is 48.0 Å². The Morgan fingerprint density at radius 2 is 1.97 bits per heavy atom. The van der Waals surface area contributed by atoms with Crippen LogP contribution in [0.25, 0.3) is 22.5 Å². The molecular formula is C16H18N10O2S. The first-order valence-electron chi connectivity index (χ1n) is 8.28. The highest BCUT2D eigenvalue weighted by Gasteiger charge is 2.22. The fourth-order valence-corrected chi connectivity index (χ4v) is 3.50. The maximum absolute atomic E-state index is 12.1. The molecule has 2 aromatic carbocycles. The lowest BCUT2D eigenvalue weighted by Gasteiger charge is -2.12. The third kappa shape index (κ3) is 4.84. The molecule has 0 spiro atoms. The number of rotatable bonds is 8. The van der Waals surface area contributed by atoms with Gasteiger partial charge in [0, 0.05) is 6.54 Å². The first kappa shape index (κ1) is 20.2. The Bertz CT molecular complexity index is 1130.